The molecular formula is C16H23ClN2O. The van der Waals surface area contributed by atoms with E-state index in [0.29, 0.717) is 18.3 Å². The number of nitrogens with zero attached hydrogens (tertiary/aromatic N) is 2. The maximum atomic E-state index is 12.5. The van der Waals surface area contributed by atoms with E-state index in [1.165, 1.54) is 6.42 Å². The third-order valence-electron chi connectivity index (χ3n) is 4.05. The van der Waals surface area contributed by atoms with Gasteiger partial charge in [-0.3, -0.25) is 4.79 Å². The zero-order valence-electron chi connectivity index (χ0n) is 12.3. The minimum atomic E-state index is 0.130. The molecule has 1 amide bonds. The molecule has 0 aromatic heterocycles. The lowest BCUT2D eigenvalue weighted by Crippen LogP contribution is -2.49. The van der Waals surface area contributed by atoms with Crippen molar-refractivity contribution in [3.63, 3.8) is 0 Å². The Labute approximate surface area is 126 Å². The number of benzene rings is 1. The van der Waals surface area contributed by atoms with E-state index in [4.69, 9.17) is 11.6 Å². The Morgan fingerprint density at radius 1 is 1.20 bits per heavy atom. The van der Waals surface area contributed by atoms with Crippen molar-refractivity contribution in [2.45, 2.75) is 37.8 Å². The van der Waals surface area contributed by atoms with E-state index in [-0.39, 0.29) is 11.9 Å². The number of amides is 1. The SMILES string of the molecule is CN(C)C1CCCC1N(C(=O)CCCl)c1ccccc1. The number of carbonyl (C=O) groups excluding carboxylic acids is 1. The molecule has 20 heavy (non-hydrogen) atoms. The molecule has 1 aliphatic rings. The van der Waals surface area contributed by atoms with Gasteiger partial charge >= 0.3 is 0 Å². The van der Waals surface area contributed by atoms with Crippen molar-refractivity contribution in [3.8, 4) is 0 Å². The van der Waals surface area contributed by atoms with Crippen molar-refractivity contribution in [3.05, 3.63) is 30.3 Å². The molecule has 1 aliphatic carbocycles. The van der Waals surface area contributed by atoms with E-state index in [1.54, 1.807) is 0 Å². The third-order valence-corrected chi connectivity index (χ3v) is 4.24. The van der Waals surface area contributed by atoms with E-state index in [2.05, 4.69) is 19.0 Å². The predicted molar refractivity (Wildman–Crippen MR) is 84.4 cm³/mol. The summed E-state index contributed by atoms with van der Waals surface area (Å²) >= 11 is 5.78. The summed E-state index contributed by atoms with van der Waals surface area (Å²) in [4.78, 5) is 16.7. The zero-order chi connectivity index (χ0) is 14.5. The Kier molecular flexibility index (Phi) is 5.44. The summed E-state index contributed by atoms with van der Waals surface area (Å²) in [5, 5.41) is 0. The molecule has 110 valence electrons. The first kappa shape index (κ1) is 15.3. The molecule has 2 rings (SSSR count). The van der Waals surface area contributed by atoms with Crippen LogP contribution < -0.4 is 4.90 Å². The number of anilines is 1. The number of hydrogen-bond acceptors (Lipinski definition) is 2. The summed E-state index contributed by atoms with van der Waals surface area (Å²) < 4.78 is 0. The van der Waals surface area contributed by atoms with Crippen LogP contribution in [0.5, 0.6) is 0 Å². The lowest BCUT2D eigenvalue weighted by molar-refractivity contribution is -0.118. The number of alkyl halides is 1. The maximum Gasteiger partial charge on any atom is 0.228 e. The molecule has 1 fully saturated rings. The van der Waals surface area contributed by atoms with Crippen LogP contribution in [0.3, 0.4) is 0 Å². The summed E-state index contributed by atoms with van der Waals surface area (Å²) in [7, 11) is 4.19. The van der Waals surface area contributed by atoms with Crippen molar-refractivity contribution in [2.75, 3.05) is 24.9 Å². The first-order chi connectivity index (χ1) is 9.65. The Hall–Kier alpha value is -1.06. The van der Waals surface area contributed by atoms with Crippen LogP contribution in [0.2, 0.25) is 0 Å². The highest BCUT2D eigenvalue weighted by Gasteiger charge is 2.36. The van der Waals surface area contributed by atoms with E-state index in [1.807, 2.05) is 35.2 Å². The molecule has 1 saturated carbocycles. The molecule has 1 aromatic rings. The molecule has 1 aromatic carbocycles. The topological polar surface area (TPSA) is 23.6 Å². The van der Waals surface area contributed by atoms with Crippen LogP contribution in [-0.4, -0.2) is 42.9 Å². The lowest BCUT2D eigenvalue weighted by Gasteiger charge is -2.36. The average Bonchev–Trinajstić information content (AvgIpc) is 2.90. The fourth-order valence-corrected chi connectivity index (χ4v) is 3.30. The Morgan fingerprint density at radius 3 is 2.45 bits per heavy atom. The molecule has 4 heteroatoms. The Bertz CT molecular complexity index is 435. The predicted octanol–water partition coefficient (Wildman–Crippen LogP) is 3.13. The highest BCUT2D eigenvalue weighted by Crippen LogP contribution is 2.31. The summed E-state index contributed by atoms with van der Waals surface area (Å²) in [6.45, 7) is 0. The number of rotatable bonds is 5. The summed E-state index contributed by atoms with van der Waals surface area (Å²) in [6.07, 6.45) is 3.78. The number of carbonyl (C=O) groups is 1. The Morgan fingerprint density at radius 2 is 1.85 bits per heavy atom. The van der Waals surface area contributed by atoms with E-state index in [9.17, 15) is 4.79 Å². The van der Waals surface area contributed by atoms with Gasteiger partial charge in [0.1, 0.15) is 0 Å². The molecule has 0 radical (unpaired) electrons. The molecule has 3 nitrogen and oxygen atoms in total. The molecule has 0 spiro atoms. The Balaban J connectivity index is 2.29. The van der Waals surface area contributed by atoms with Crippen LogP contribution in [0, 0.1) is 0 Å². The molecule has 0 bridgehead atoms. The average molecular weight is 295 g/mol. The van der Waals surface area contributed by atoms with Crippen molar-refractivity contribution in [1.29, 1.82) is 0 Å². The van der Waals surface area contributed by atoms with Gasteiger partial charge in [0.05, 0.1) is 6.04 Å². The van der Waals surface area contributed by atoms with Crippen molar-refractivity contribution in [2.24, 2.45) is 0 Å². The number of para-hydroxylation sites is 1. The van der Waals surface area contributed by atoms with Gasteiger partial charge in [-0.25, -0.2) is 0 Å². The van der Waals surface area contributed by atoms with Crippen molar-refractivity contribution >= 4 is 23.2 Å². The van der Waals surface area contributed by atoms with Crippen LogP contribution in [0.15, 0.2) is 30.3 Å². The molecule has 2 atom stereocenters. The van der Waals surface area contributed by atoms with Gasteiger partial charge in [0.25, 0.3) is 0 Å². The van der Waals surface area contributed by atoms with E-state index < -0.39 is 0 Å². The highest BCUT2D eigenvalue weighted by atomic mass is 35.5. The summed E-state index contributed by atoms with van der Waals surface area (Å²) in [5.41, 5.74) is 0.987. The van der Waals surface area contributed by atoms with Crippen LogP contribution >= 0.6 is 11.6 Å². The smallest absolute Gasteiger partial charge is 0.228 e. The summed E-state index contributed by atoms with van der Waals surface area (Å²) in [5.74, 6) is 0.506. The van der Waals surface area contributed by atoms with Crippen LogP contribution in [0.4, 0.5) is 5.69 Å². The minimum Gasteiger partial charge on any atom is -0.308 e. The van der Waals surface area contributed by atoms with Crippen molar-refractivity contribution in [1.82, 2.24) is 4.90 Å². The monoisotopic (exact) mass is 294 g/mol. The molecular weight excluding hydrogens is 272 g/mol. The quantitative estimate of drug-likeness (QED) is 0.779. The largest absolute Gasteiger partial charge is 0.308 e. The van der Waals surface area contributed by atoms with Gasteiger partial charge in [-0.2, -0.15) is 0 Å². The van der Waals surface area contributed by atoms with Crippen LogP contribution in [0.1, 0.15) is 25.7 Å². The van der Waals surface area contributed by atoms with E-state index >= 15 is 0 Å². The number of hydrogen-bond donors (Lipinski definition) is 0. The standard InChI is InChI=1S/C16H23ClN2O/c1-18(2)14-9-6-10-15(14)19(16(20)11-12-17)13-7-4-3-5-8-13/h3-5,7-8,14-15H,6,9-12H2,1-2H3. The van der Waals surface area contributed by atoms with Gasteiger partial charge in [-0.05, 0) is 45.5 Å². The first-order valence-electron chi connectivity index (χ1n) is 7.24. The van der Waals surface area contributed by atoms with Gasteiger partial charge in [0, 0.05) is 24.0 Å². The fourth-order valence-electron chi connectivity index (χ4n) is 3.13. The second-order valence-corrected chi connectivity index (χ2v) is 5.95. The van der Waals surface area contributed by atoms with Crippen molar-refractivity contribution < 1.29 is 4.79 Å². The first-order valence-corrected chi connectivity index (χ1v) is 7.78. The van der Waals surface area contributed by atoms with Crippen LogP contribution in [0.25, 0.3) is 0 Å². The maximum absolute atomic E-state index is 12.5. The molecule has 0 heterocycles. The molecule has 2 unspecified atom stereocenters. The third kappa shape index (κ3) is 3.33. The lowest BCUT2D eigenvalue weighted by atomic mass is 10.1. The molecule has 0 saturated heterocycles. The van der Waals surface area contributed by atoms with Gasteiger partial charge in [-0.1, -0.05) is 18.2 Å². The van der Waals surface area contributed by atoms with Crippen LogP contribution in [-0.2, 0) is 4.79 Å². The van der Waals surface area contributed by atoms with Gasteiger partial charge in [0.15, 0.2) is 0 Å². The highest BCUT2D eigenvalue weighted by molar-refractivity contribution is 6.19. The van der Waals surface area contributed by atoms with Gasteiger partial charge < -0.3 is 9.80 Å². The molecule has 0 N–H and O–H groups in total. The summed E-state index contributed by atoms with van der Waals surface area (Å²) in [6, 6.07) is 10.6. The number of halogens is 1. The minimum absolute atomic E-state index is 0.130. The second-order valence-electron chi connectivity index (χ2n) is 5.57. The zero-order valence-corrected chi connectivity index (χ0v) is 13.0. The molecule has 0 aliphatic heterocycles. The van der Waals surface area contributed by atoms with Gasteiger partial charge in [-0.15, -0.1) is 11.6 Å². The number of likely N-dealkylation sites (N-methyl/N-ethyl adjacent to an activating group) is 1. The normalized spacial score (nSPS) is 22.2. The fraction of sp³-hybridized carbons (Fsp3) is 0.562. The van der Waals surface area contributed by atoms with E-state index in [0.717, 1.165) is 18.5 Å². The second kappa shape index (κ2) is 7.09. The van der Waals surface area contributed by atoms with Gasteiger partial charge in [0.2, 0.25) is 5.91 Å².